The third kappa shape index (κ3) is 4.04. The topological polar surface area (TPSA) is 25.8 Å². The maximum Gasteiger partial charge on any atom is 0.161 e. The molecule has 47 heavy (non-hydrogen) atoms. The van der Waals surface area contributed by atoms with E-state index in [1.54, 1.807) is 0 Å². The van der Waals surface area contributed by atoms with E-state index in [9.17, 15) is 0 Å². The van der Waals surface area contributed by atoms with Crippen molar-refractivity contribution in [3.8, 4) is 33.9 Å². The Hall–Kier alpha value is -5.90. The first-order valence-electron chi connectivity index (χ1n) is 15.9. The molecule has 2 heterocycles. The monoisotopic (exact) mass is 614 g/mol. The number of nitrogens with zero attached hydrogens (tertiary/aromatic N) is 2. The van der Waals surface area contributed by atoms with Gasteiger partial charge in [0, 0.05) is 36.9 Å². The highest BCUT2D eigenvalue weighted by Gasteiger charge is 2.20. The lowest BCUT2D eigenvalue weighted by atomic mass is 9.90. The summed E-state index contributed by atoms with van der Waals surface area (Å²) in [6.07, 6.45) is 0. The number of thiophene rings is 1. The molecular formula is C44H26N2S. The van der Waals surface area contributed by atoms with E-state index in [1.165, 1.54) is 57.9 Å². The maximum absolute atomic E-state index is 5.23. The van der Waals surface area contributed by atoms with Gasteiger partial charge in [-0.1, -0.05) is 140 Å². The summed E-state index contributed by atoms with van der Waals surface area (Å²) in [7, 11) is 0. The molecule has 0 aliphatic heterocycles. The van der Waals surface area contributed by atoms with Crippen molar-refractivity contribution in [2.75, 3.05) is 0 Å². The number of benzene rings is 8. The van der Waals surface area contributed by atoms with Crippen LogP contribution in [0.4, 0.5) is 0 Å². The summed E-state index contributed by atoms with van der Waals surface area (Å²) in [6.45, 7) is 0. The van der Waals surface area contributed by atoms with Crippen LogP contribution < -0.4 is 0 Å². The van der Waals surface area contributed by atoms with Crippen LogP contribution in [-0.4, -0.2) is 9.97 Å². The molecule has 218 valence electrons. The minimum Gasteiger partial charge on any atom is -0.228 e. The van der Waals surface area contributed by atoms with Gasteiger partial charge in [0.25, 0.3) is 0 Å². The van der Waals surface area contributed by atoms with Gasteiger partial charge in [0.2, 0.25) is 0 Å². The van der Waals surface area contributed by atoms with E-state index in [4.69, 9.17) is 9.97 Å². The standard InChI is InChI=1S/C44H26N2S/c1-3-13-27(14-4-1)37-26-38(28-15-5-2-6-16-28)46-44(45-37)36-25-40-42(34-22-12-10-20-32(34)36)43-39(47-40)24-23-35-31-19-8-7-17-29(31)30-18-9-11-21-33(30)41(35)43/h1-26H. The van der Waals surface area contributed by atoms with Crippen molar-refractivity contribution < 1.29 is 0 Å². The van der Waals surface area contributed by atoms with Crippen molar-refractivity contribution in [1.82, 2.24) is 9.97 Å². The lowest BCUT2D eigenvalue weighted by Gasteiger charge is -2.13. The van der Waals surface area contributed by atoms with Gasteiger partial charge < -0.3 is 0 Å². The average molecular weight is 615 g/mol. The zero-order valence-corrected chi connectivity index (χ0v) is 26.1. The second-order valence-corrected chi connectivity index (χ2v) is 13.2. The Labute approximate surface area is 275 Å². The van der Waals surface area contributed by atoms with Gasteiger partial charge in [0.05, 0.1) is 11.4 Å². The SMILES string of the molecule is c1ccc(-c2cc(-c3ccccc3)nc(-c3cc4sc5ccc6c7ccccc7c7ccccc7c6c5c4c4ccccc34)n2)cc1. The Kier molecular flexibility index (Phi) is 5.78. The molecule has 2 aromatic heterocycles. The number of fused-ring (bicyclic) bond motifs is 12. The smallest absolute Gasteiger partial charge is 0.161 e. The van der Waals surface area contributed by atoms with Crippen molar-refractivity contribution in [2.24, 2.45) is 0 Å². The zero-order chi connectivity index (χ0) is 30.9. The van der Waals surface area contributed by atoms with E-state index in [0.29, 0.717) is 0 Å². The quantitative estimate of drug-likeness (QED) is 0.185. The Morgan fingerprint density at radius 1 is 0.340 bits per heavy atom. The first-order valence-corrected chi connectivity index (χ1v) is 16.7. The van der Waals surface area contributed by atoms with E-state index in [2.05, 4.69) is 146 Å². The second-order valence-electron chi connectivity index (χ2n) is 12.1. The Morgan fingerprint density at radius 2 is 0.809 bits per heavy atom. The molecule has 0 N–H and O–H groups in total. The predicted molar refractivity (Wildman–Crippen MR) is 201 cm³/mol. The molecule has 8 aromatic carbocycles. The lowest BCUT2D eigenvalue weighted by molar-refractivity contribution is 1.19. The first-order chi connectivity index (χ1) is 23.3. The molecule has 0 aliphatic carbocycles. The van der Waals surface area contributed by atoms with E-state index in [1.807, 2.05) is 23.5 Å². The fourth-order valence-electron chi connectivity index (χ4n) is 7.38. The fourth-order valence-corrected chi connectivity index (χ4v) is 8.55. The van der Waals surface area contributed by atoms with E-state index >= 15 is 0 Å². The molecule has 0 unspecified atom stereocenters. The molecule has 10 aromatic rings. The minimum absolute atomic E-state index is 0.738. The van der Waals surface area contributed by atoms with Gasteiger partial charge in [0.1, 0.15) is 0 Å². The number of hydrogen-bond donors (Lipinski definition) is 0. The van der Waals surface area contributed by atoms with Crippen molar-refractivity contribution in [3.63, 3.8) is 0 Å². The molecule has 0 saturated heterocycles. The Bertz CT molecular complexity index is 2740. The van der Waals surface area contributed by atoms with E-state index in [-0.39, 0.29) is 0 Å². The van der Waals surface area contributed by atoms with Crippen LogP contribution in [0.2, 0.25) is 0 Å². The molecule has 0 fully saturated rings. The molecule has 0 spiro atoms. The molecule has 10 rings (SSSR count). The van der Waals surface area contributed by atoms with Gasteiger partial charge in [0.15, 0.2) is 5.82 Å². The number of rotatable bonds is 3. The van der Waals surface area contributed by atoms with Gasteiger partial charge in [-0.2, -0.15) is 0 Å². The van der Waals surface area contributed by atoms with Crippen LogP contribution >= 0.6 is 11.3 Å². The second kappa shape index (κ2) is 10.3. The van der Waals surface area contributed by atoms with Crippen LogP contribution in [-0.2, 0) is 0 Å². The molecule has 0 bridgehead atoms. The van der Waals surface area contributed by atoms with E-state index in [0.717, 1.165) is 39.3 Å². The van der Waals surface area contributed by atoms with Crippen LogP contribution in [0.15, 0.2) is 158 Å². The highest BCUT2D eigenvalue weighted by molar-refractivity contribution is 7.26. The van der Waals surface area contributed by atoms with Gasteiger partial charge in [-0.3, -0.25) is 0 Å². The van der Waals surface area contributed by atoms with Crippen molar-refractivity contribution in [3.05, 3.63) is 158 Å². The average Bonchev–Trinajstić information content (AvgIpc) is 3.54. The van der Waals surface area contributed by atoms with Crippen LogP contribution in [0.5, 0.6) is 0 Å². The highest BCUT2D eigenvalue weighted by atomic mass is 32.1. The molecule has 0 atom stereocenters. The summed E-state index contributed by atoms with van der Waals surface area (Å²) in [5.41, 5.74) is 5.03. The normalized spacial score (nSPS) is 11.8. The number of aromatic nitrogens is 2. The van der Waals surface area contributed by atoms with E-state index < -0.39 is 0 Å². The molecule has 0 amide bonds. The molecule has 0 saturated carbocycles. The summed E-state index contributed by atoms with van der Waals surface area (Å²) >= 11 is 1.86. The summed E-state index contributed by atoms with van der Waals surface area (Å²) in [6, 6.07) is 56.4. The van der Waals surface area contributed by atoms with Gasteiger partial charge in [-0.15, -0.1) is 11.3 Å². The fraction of sp³-hybridized carbons (Fsp3) is 0. The summed E-state index contributed by atoms with van der Waals surface area (Å²) < 4.78 is 2.53. The number of hydrogen-bond acceptors (Lipinski definition) is 3. The van der Waals surface area contributed by atoms with Gasteiger partial charge in [-0.05, 0) is 61.3 Å². The van der Waals surface area contributed by atoms with Crippen molar-refractivity contribution in [2.45, 2.75) is 0 Å². The van der Waals surface area contributed by atoms with Gasteiger partial charge in [-0.25, -0.2) is 9.97 Å². The molecule has 2 nitrogen and oxygen atoms in total. The Morgan fingerprint density at radius 3 is 1.40 bits per heavy atom. The molecular weight excluding hydrogens is 589 g/mol. The Balaban J connectivity index is 1.33. The predicted octanol–water partition coefficient (Wildman–Crippen LogP) is 12.5. The third-order valence-corrected chi connectivity index (χ3v) is 10.6. The van der Waals surface area contributed by atoms with Crippen molar-refractivity contribution in [1.29, 1.82) is 0 Å². The third-order valence-electron chi connectivity index (χ3n) is 9.46. The summed E-state index contributed by atoms with van der Waals surface area (Å²) in [5.74, 6) is 0.738. The van der Waals surface area contributed by atoms with Crippen molar-refractivity contribution >= 4 is 74.6 Å². The van der Waals surface area contributed by atoms with Crippen LogP contribution in [0.3, 0.4) is 0 Å². The van der Waals surface area contributed by atoms with Crippen LogP contribution in [0.25, 0.3) is 97.2 Å². The minimum atomic E-state index is 0.738. The first kappa shape index (κ1) is 26.3. The largest absolute Gasteiger partial charge is 0.228 e. The van der Waals surface area contributed by atoms with Crippen LogP contribution in [0, 0.1) is 0 Å². The lowest BCUT2D eigenvalue weighted by Crippen LogP contribution is -1.96. The summed E-state index contributed by atoms with van der Waals surface area (Å²) in [5, 5.41) is 12.8. The van der Waals surface area contributed by atoms with Gasteiger partial charge >= 0.3 is 0 Å². The molecule has 3 heteroatoms. The zero-order valence-electron chi connectivity index (χ0n) is 25.3. The maximum atomic E-state index is 5.23. The highest BCUT2D eigenvalue weighted by Crippen LogP contribution is 2.48. The molecule has 0 aliphatic rings. The molecule has 0 radical (unpaired) electrons. The van der Waals surface area contributed by atoms with Crippen LogP contribution in [0.1, 0.15) is 0 Å². The summed E-state index contributed by atoms with van der Waals surface area (Å²) in [4.78, 5) is 10.5.